The number of pyridine rings is 2. The first-order chi connectivity index (χ1) is 11.7. The molecular weight excluding hydrogens is 452 g/mol. The number of aryl methyl sites for hydroxylation is 4. The molecule has 0 aromatic carbocycles. The van der Waals surface area contributed by atoms with Crippen LogP contribution in [-0.4, -0.2) is 0 Å². The van der Waals surface area contributed by atoms with Crippen molar-refractivity contribution in [1.82, 2.24) is 0 Å². The fourth-order valence-electron chi connectivity index (χ4n) is 3.23. The zero-order chi connectivity index (χ0) is 17.0. The number of rotatable bonds is 11. The number of unbranched alkanes of at least 4 members (excludes halogenated alkanes) is 7. The summed E-state index contributed by atoms with van der Waals surface area (Å²) in [7, 11) is 0. The van der Waals surface area contributed by atoms with Gasteiger partial charge in [0.05, 0.1) is 0 Å². The molecule has 0 radical (unpaired) electrons. The topological polar surface area (TPSA) is 7.76 Å². The molecule has 26 heavy (non-hydrogen) atoms. The Labute approximate surface area is 181 Å². The number of hydrogen-bond donors (Lipinski definition) is 0. The Hall–Kier alpha value is -0.740. The van der Waals surface area contributed by atoms with Crippen LogP contribution in [0.15, 0.2) is 49.1 Å². The standard InChI is InChI=1S/C22H34N2.2BrH/c1-21-13-11-17-23(19-21)15-9-7-5-3-4-6-8-10-16-24-18-12-14-22(2)20-24;;/h11-14,17-20H,3-10,15-16H2,1-2H3;2*1H/q+2;;/p-2. The maximum absolute atomic E-state index is 2.32. The second-order valence-corrected chi connectivity index (χ2v) is 7.07. The fourth-order valence-corrected chi connectivity index (χ4v) is 3.23. The Balaban J connectivity index is 0.00000312. The molecule has 0 atom stereocenters. The normalized spacial score (nSPS) is 10.1. The number of hydrogen-bond acceptors (Lipinski definition) is 0. The summed E-state index contributed by atoms with van der Waals surface area (Å²) in [6.45, 7) is 6.65. The van der Waals surface area contributed by atoms with Gasteiger partial charge >= 0.3 is 0 Å². The zero-order valence-electron chi connectivity index (χ0n) is 16.3. The van der Waals surface area contributed by atoms with Crippen molar-refractivity contribution in [3.63, 3.8) is 0 Å². The largest absolute Gasteiger partial charge is 1.00 e. The molecule has 0 saturated heterocycles. The summed E-state index contributed by atoms with van der Waals surface area (Å²) in [5.41, 5.74) is 2.70. The Morgan fingerprint density at radius 2 is 0.923 bits per heavy atom. The molecule has 0 saturated carbocycles. The van der Waals surface area contributed by atoms with Crippen LogP contribution in [0.3, 0.4) is 0 Å². The van der Waals surface area contributed by atoms with Gasteiger partial charge in [0, 0.05) is 36.1 Å². The van der Waals surface area contributed by atoms with Gasteiger partial charge < -0.3 is 34.0 Å². The minimum absolute atomic E-state index is 0. The van der Waals surface area contributed by atoms with Crippen LogP contribution in [0, 0.1) is 13.8 Å². The van der Waals surface area contributed by atoms with Gasteiger partial charge in [0.2, 0.25) is 0 Å². The van der Waals surface area contributed by atoms with E-state index in [0.717, 1.165) is 13.1 Å². The molecule has 0 aliphatic rings. The van der Waals surface area contributed by atoms with Crippen molar-refractivity contribution < 1.29 is 43.1 Å². The molecule has 0 amide bonds. The van der Waals surface area contributed by atoms with Crippen LogP contribution < -0.4 is 43.1 Å². The van der Waals surface area contributed by atoms with Gasteiger partial charge in [0.15, 0.2) is 24.8 Å². The molecule has 146 valence electrons. The third-order valence-corrected chi connectivity index (χ3v) is 4.59. The van der Waals surface area contributed by atoms with Crippen molar-refractivity contribution in [3.8, 4) is 0 Å². The number of aromatic nitrogens is 2. The summed E-state index contributed by atoms with van der Waals surface area (Å²) in [4.78, 5) is 0. The van der Waals surface area contributed by atoms with Crippen LogP contribution in [-0.2, 0) is 13.1 Å². The quantitative estimate of drug-likeness (QED) is 0.276. The van der Waals surface area contributed by atoms with Gasteiger partial charge in [-0.1, -0.05) is 25.7 Å². The van der Waals surface area contributed by atoms with Crippen molar-refractivity contribution in [3.05, 3.63) is 60.2 Å². The molecule has 2 rings (SSSR count). The predicted octanol–water partition coefficient (Wildman–Crippen LogP) is -1.29. The van der Waals surface area contributed by atoms with E-state index in [4.69, 9.17) is 0 Å². The van der Waals surface area contributed by atoms with E-state index in [1.54, 1.807) is 0 Å². The second kappa shape index (κ2) is 15.3. The smallest absolute Gasteiger partial charge is 0.171 e. The minimum atomic E-state index is 0. The Morgan fingerprint density at radius 1 is 0.577 bits per heavy atom. The van der Waals surface area contributed by atoms with E-state index in [9.17, 15) is 0 Å². The monoisotopic (exact) mass is 484 g/mol. The van der Waals surface area contributed by atoms with Crippen LogP contribution >= 0.6 is 0 Å². The summed E-state index contributed by atoms with van der Waals surface area (Å²) < 4.78 is 4.64. The van der Waals surface area contributed by atoms with Crippen LogP contribution in [0.4, 0.5) is 0 Å². The van der Waals surface area contributed by atoms with Crippen LogP contribution in [0.1, 0.15) is 62.5 Å². The molecule has 2 aromatic rings. The van der Waals surface area contributed by atoms with Crippen LogP contribution in [0.5, 0.6) is 0 Å². The Bertz CT molecular complexity index is 549. The van der Waals surface area contributed by atoms with Crippen LogP contribution in [0.25, 0.3) is 0 Å². The first-order valence-electron chi connectivity index (χ1n) is 9.65. The van der Waals surface area contributed by atoms with Crippen molar-refractivity contribution in [2.75, 3.05) is 0 Å². The molecular formula is C22H34Br2N2. The van der Waals surface area contributed by atoms with Crippen molar-refractivity contribution in [1.29, 1.82) is 0 Å². The first kappa shape index (κ1) is 25.3. The third kappa shape index (κ3) is 11.1. The fraction of sp³-hybridized carbons (Fsp3) is 0.545. The molecule has 0 fully saturated rings. The van der Waals surface area contributed by atoms with Gasteiger partial charge in [-0.2, -0.15) is 0 Å². The third-order valence-electron chi connectivity index (χ3n) is 4.59. The highest BCUT2D eigenvalue weighted by Gasteiger charge is 2.01. The van der Waals surface area contributed by atoms with E-state index in [2.05, 4.69) is 72.0 Å². The van der Waals surface area contributed by atoms with Gasteiger partial charge in [-0.05, 0) is 38.8 Å². The minimum Gasteiger partial charge on any atom is -1.00 e. The van der Waals surface area contributed by atoms with Gasteiger partial charge in [0.25, 0.3) is 0 Å². The summed E-state index contributed by atoms with van der Waals surface area (Å²) in [6, 6.07) is 8.61. The number of nitrogens with zero attached hydrogens (tertiary/aromatic N) is 2. The molecule has 0 aliphatic carbocycles. The molecule has 0 unspecified atom stereocenters. The molecule has 2 aromatic heterocycles. The van der Waals surface area contributed by atoms with E-state index in [1.165, 1.54) is 62.5 Å². The highest BCUT2D eigenvalue weighted by Crippen LogP contribution is 2.08. The molecule has 0 spiro atoms. The summed E-state index contributed by atoms with van der Waals surface area (Å²) in [6.07, 6.45) is 19.7. The summed E-state index contributed by atoms with van der Waals surface area (Å²) in [5, 5.41) is 0. The lowest BCUT2D eigenvalue weighted by molar-refractivity contribution is -0.697. The molecule has 2 heterocycles. The van der Waals surface area contributed by atoms with Crippen molar-refractivity contribution in [2.24, 2.45) is 0 Å². The molecule has 0 bridgehead atoms. The average molecular weight is 486 g/mol. The molecule has 0 aliphatic heterocycles. The SMILES string of the molecule is Cc1ccc[n+](CCCCCCCCCC[n+]2cccc(C)c2)c1.[Br-].[Br-]. The average Bonchev–Trinajstić information content (AvgIpc) is 2.57. The Kier molecular flexibility index (Phi) is 14.9. The predicted molar refractivity (Wildman–Crippen MR) is 99.7 cm³/mol. The van der Waals surface area contributed by atoms with Gasteiger partial charge in [-0.3, -0.25) is 0 Å². The number of halogens is 2. The zero-order valence-corrected chi connectivity index (χ0v) is 19.5. The summed E-state index contributed by atoms with van der Waals surface area (Å²) >= 11 is 0. The maximum Gasteiger partial charge on any atom is 0.171 e. The lowest BCUT2D eigenvalue weighted by Gasteiger charge is -2.02. The first-order valence-corrected chi connectivity index (χ1v) is 9.65. The lowest BCUT2D eigenvalue weighted by Crippen LogP contribution is -3.00. The molecule has 4 heteroatoms. The summed E-state index contributed by atoms with van der Waals surface area (Å²) in [5.74, 6) is 0. The van der Waals surface area contributed by atoms with E-state index < -0.39 is 0 Å². The van der Waals surface area contributed by atoms with E-state index in [-0.39, 0.29) is 34.0 Å². The van der Waals surface area contributed by atoms with E-state index in [0.29, 0.717) is 0 Å². The van der Waals surface area contributed by atoms with Gasteiger partial charge in [-0.15, -0.1) is 0 Å². The van der Waals surface area contributed by atoms with Gasteiger partial charge in [0.1, 0.15) is 13.1 Å². The van der Waals surface area contributed by atoms with Gasteiger partial charge in [-0.25, -0.2) is 9.13 Å². The highest BCUT2D eigenvalue weighted by molar-refractivity contribution is 5.01. The van der Waals surface area contributed by atoms with Crippen molar-refractivity contribution >= 4 is 0 Å². The highest BCUT2D eigenvalue weighted by atomic mass is 79.9. The molecule has 0 N–H and O–H groups in total. The maximum atomic E-state index is 2.32. The van der Waals surface area contributed by atoms with E-state index >= 15 is 0 Å². The van der Waals surface area contributed by atoms with E-state index in [1.807, 2.05) is 0 Å². The van der Waals surface area contributed by atoms with Crippen molar-refractivity contribution in [2.45, 2.75) is 78.3 Å². The lowest BCUT2D eigenvalue weighted by atomic mass is 10.1. The second-order valence-electron chi connectivity index (χ2n) is 7.07. The van der Waals surface area contributed by atoms with Crippen LogP contribution in [0.2, 0.25) is 0 Å². The molecule has 2 nitrogen and oxygen atoms in total. The Morgan fingerprint density at radius 3 is 1.27 bits per heavy atom.